The van der Waals surface area contributed by atoms with E-state index in [0.29, 0.717) is 11.1 Å². The number of hydrogen-bond acceptors (Lipinski definition) is 8. The summed E-state index contributed by atoms with van der Waals surface area (Å²) >= 11 is 0. The van der Waals surface area contributed by atoms with E-state index in [1.807, 2.05) is 13.8 Å². The molecule has 2 aliphatic rings. The molecule has 152 valence electrons. The maximum atomic E-state index is 12.2. The molecule has 0 aromatic heterocycles. The number of esters is 2. The van der Waals surface area contributed by atoms with Crippen LogP contribution < -0.4 is 0 Å². The van der Waals surface area contributed by atoms with Crippen LogP contribution >= 0.6 is 0 Å². The van der Waals surface area contributed by atoms with E-state index in [-0.39, 0.29) is 25.6 Å². The van der Waals surface area contributed by atoms with Crippen molar-refractivity contribution in [3.8, 4) is 0 Å². The van der Waals surface area contributed by atoms with Gasteiger partial charge in [0.05, 0.1) is 12.5 Å². The third-order valence-corrected chi connectivity index (χ3v) is 4.69. The standard InChI is InChI=1S/C19H28O8/c1-11(2)8-15(22)26-18-16-13(6-7-19(16,10-20)24-5)14(9-25-12(3)21)17(23-4)27-18/h6-7,11,16-18,20H,8-10H2,1-5H3. The molecule has 0 radical (unpaired) electrons. The zero-order chi connectivity index (χ0) is 20.2. The van der Waals surface area contributed by atoms with Gasteiger partial charge in [0.1, 0.15) is 12.2 Å². The van der Waals surface area contributed by atoms with E-state index < -0.39 is 36.0 Å². The average Bonchev–Trinajstić information content (AvgIpc) is 3.00. The van der Waals surface area contributed by atoms with E-state index in [1.54, 1.807) is 12.2 Å². The zero-order valence-corrected chi connectivity index (χ0v) is 16.4. The van der Waals surface area contributed by atoms with Gasteiger partial charge in [-0.05, 0) is 17.6 Å². The van der Waals surface area contributed by atoms with Gasteiger partial charge in [-0.2, -0.15) is 0 Å². The van der Waals surface area contributed by atoms with E-state index in [2.05, 4.69) is 0 Å². The van der Waals surface area contributed by atoms with Gasteiger partial charge in [0, 0.05) is 33.1 Å². The molecule has 0 bridgehead atoms. The first-order valence-corrected chi connectivity index (χ1v) is 8.87. The first-order valence-electron chi connectivity index (χ1n) is 8.87. The molecule has 27 heavy (non-hydrogen) atoms. The monoisotopic (exact) mass is 384 g/mol. The lowest BCUT2D eigenvalue weighted by atomic mass is 9.83. The molecular weight excluding hydrogens is 356 g/mol. The van der Waals surface area contributed by atoms with Crippen LogP contribution in [0.5, 0.6) is 0 Å². The Kier molecular flexibility index (Phi) is 7.16. The number of fused-ring (bicyclic) bond motifs is 1. The Hall–Kier alpha value is -1.74. The number of hydrogen-bond donors (Lipinski definition) is 1. The number of methoxy groups -OCH3 is 2. The van der Waals surface area contributed by atoms with Crippen LogP contribution in [0.1, 0.15) is 27.2 Å². The second kappa shape index (κ2) is 8.97. The van der Waals surface area contributed by atoms with Crippen molar-refractivity contribution in [1.82, 2.24) is 0 Å². The highest BCUT2D eigenvalue weighted by Crippen LogP contribution is 2.46. The van der Waals surface area contributed by atoms with Crippen molar-refractivity contribution in [1.29, 1.82) is 0 Å². The maximum Gasteiger partial charge on any atom is 0.308 e. The summed E-state index contributed by atoms with van der Waals surface area (Å²) in [5.41, 5.74) is 0.170. The van der Waals surface area contributed by atoms with Gasteiger partial charge in [-0.3, -0.25) is 9.59 Å². The van der Waals surface area contributed by atoms with Gasteiger partial charge < -0.3 is 28.8 Å². The fourth-order valence-corrected chi connectivity index (χ4v) is 3.35. The van der Waals surface area contributed by atoms with Crippen molar-refractivity contribution in [3.63, 3.8) is 0 Å². The summed E-state index contributed by atoms with van der Waals surface area (Å²) in [5, 5.41) is 9.97. The summed E-state index contributed by atoms with van der Waals surface area (Å²) in [4.78, 5) is 23.5. The number of carbonyl (C=O) groups excluding carboxylic acids is 2. The second-order valence-corrected chi connectivity index (χ2v) is 7.05. The minimum atomic E-state index is -1.11. The largest absolute Gasteiger partial charge is 0.461 e. The number of ether oxygens (including phenoxy) is 5. The molecule has 1 N–H and O–H groups in total. The number of aliphatic hydroxyl groups excluding tert-OH is 1. The van der Waals surface area contributed by atoms with Gasteiger partial charge in [-0.25, -0.2) is 0 Å². The molecule has 8 heteroatoms. The van der Waals surface area contributed by atoms with Crippen LogP contribution in [-0.2, 0) is 33.3 Å². The van der Waals surface area contributed by atoms with Gasteiger partial charge in [0.2, 0.25) is 6.29 Å². The van der Waals surface area contributed by atoms with E-state index in [4.69, 9.17) is 23.7 Å². The fourth-order valence-electron chi connectivity index (χ4n) is 3.35. The van der Waals surface area contributed by atoms with Crippen LogP contribution in [0.2, 0.25) is 0 Å². The Morgan fingerprint density at radius 2 is 2.04 bits per heavy atom. The number of carbonyl (C=O) groups is 2. The first kappa shape index (κ1) is 21.6. The Bertz CT molecular complexity index is 617. The van der Waals surface area contributed by atoms with E-state index in [1.165, 1.54) is 21.1 Å². The number of aliphatic hydroxyl groups is 1. The van der Waals surface area contributed by atoms with Crippen LogP contribution in [0.15, 0.2) is 23.3 Å². The fraction of sp³-hybridized carbons (Fsp3) is 0.684. The van der Waals surface area contributed by atoms with Gasteiger partial charge in [-0.1, -0.05) is 19.9 Å². The first-order chi connectivity index (χ1) is 12.8. The highest BCUT2D eigenvalue weighted by Gasteiger charge is 2.53. The lowest BCUT2D eigenvalue weighted by molar-refractivity contribution is -0.261. The minimum Gasteiger partial charge on any atom is -0.461 e. The van der Waals surface area contributed by atoms with Crippen LogP contribution in [-0.4, -0.2) is 62.7 Å². The van der Waals surface area contributed by atoms with Crippen molar-refractivity contribution in [2.75, 3.05) is 27.4 Å². The topological polar surface area (TPSA) is 101 Å². The van der Waals surface area contributed by atoms with Crippen molar-refractivity contribution in [2.24, 2.45) is 11.8 Å². The van der Waals surface area contributed by atoms with Gasteiger partial charge in [-0.15, -0.1) is 0 Å². The highest BCUT2D eigenvalue weighted by atomic mass is 16.8. The summed E-state index contributed by atoms with van der Waals surface area (Å²) in [6, 6.07) is 0. The molecule has 0 aromatic carbocycles. The lowest BCUT2D eigenvalue weighted by Gasteiger charge is -2.42. The molecule has 0 amide bonds. The SMILES string of the molecule is COC1OC(OC(=O)CC(C)C)C2C(=C1COC(C)=O)C=CC2(CO)OC. The molecule has 2 rings (SSSR count). The molecule has 0 saturated heterocycles. The van der Waals surface area contributed by atoms with Crippen molar-refractivity contribution in [2.45, 2.75) is 45.4 Å². The molecule has 0 aromatic rings. The molecule has 8 nitrogen and oxygen atoms in total. The second-order valence-electron chi connectivity index (χ2n) is 7.05. The molecule has 4 unspecified atom stereocenters. The van der Waals surface area contributed by atoms with E-state index in [9.17, 15) is 14.7 Å². The Labute approximate surface area is 159 Å². The predicted molar refractivity (Wildman–Crippen MR) is 94.3 cm³/mol. The third-order valence-electron chi connectivity index (χ3n) is 4.69. The summed E-state index contributed by atoms with van der Waals surface area (Å²) in [6.45, 7) is 4.75. The molecule has 4 atom stereocenters. The Morgan fingerprint density at radius 1 is 1.33 bits per heavy atom. The van der Waals surface area contributed by atoms with Crippen molar-refractivity contribution < 1.29 is 38.4 Å². The molecule has 1 aliphatic heterocycles. The van der Waals surface area contributed by atoms with Crippen LogP contribution in [0.4, 0.5) is 0 Å². The van der Waals surface area contributed by atoms with E-state index >= 15 is 0 Å². The van der Waals surface area contributed by atoms with E-state index in [0.717, 1.165) is 0 Å². The van der Waals surface area contributed by atoms with Crippen LogP contribution in [0, 0.1) is 11.8 Å². The summed E-state index contributed by atoms with van der Waals surface area (Å²) in [6.07, 6.45) is 1.82. The van der Waals surface area contributed by atoms with Crippen molar-refractivity contribution in [3.05, 3.63) is 23.3 Å². The van der Waals surface area contributed by atoms with Crippen molar-refractivity contribution >= 4 is 11.9 Å². The number of rotatable bonds is 8. The third kappa shape index (κ3) is 4.57. The van der Waals surface area contributed by atoms with Crippen LogP contribution in [0.25, 0.3) is 0 Å². The molecule has 0 saturated carbocycles. The molecule has 1 aliphatic carbocycles. The molecular formula is C19H28O8. The van der Waals surface area contributed by atoms with Crippen LogP contribution in [0.3, 0.4) is 0 Å². The quantitative estimate of drug-likeness (QED) is 0.626. The highest BCUT2D eigenvalue weighted by molar-refractivity contribution is 5.70. The minimum absolute atomic E-state index is 0.0398. The normalized spacial score (nSPS) is 29.8. The predicted octanol–water partition coefficient (Wildman–Crippen LogP) is 1.33. The molecule has 0 spiro atoms. The Balaban J connectivity index is 2.40. The summed E-state index contributed by atoms with van der Waals surface area (Å²) in [5.74, 6) is -1.34. The Morgan fingerprint density at radius 3 is 2.56 bits per heavy atom. The van der Waals surface area contributed by atoms with Gasteiger partial charge in [0.15, 0.2) is 6.29 Å². The summed E-state index contributed by atoms with van der Waals surface area (Å²) < 4.78 is 27.5. The molecule has 0 fully saturated rings. The molecule has 1 heterocycles. The summed E-state index contributed by atoms with van der Waals surface area (Å²) in [7, 11) is 2.91. The lowest BCUT2D eigenvalue weighted by Crippen LogP contribution is -2.52. The zero-order valence-electron chi connectivity index (χ0n) is 16.4. The average molecular weight is 384 g/mol. The number of allylic oxidation sites excluding steroid dienone is 1. The van der Waals surface area contributed by atoms with Gasteiger partial charge in [0.25, 0.3) is 0 Å². The maximum absolute atomic E-state index is 12.2. The smallest absolute Gasteiger partial charge is 0.308 e. The van der Waals surface area contributed by atoms with Gasteiger partial charge >= 0.3 is 11.9 Å².